The van der Waals surface area contributed by atoms with E-state index in [1.807, 2.05) is 13.8 Å². The Labute approximate surface area is 166 Å². The van der Waals surface area contributed by atoms with Crippen LogP contribution in [0.4, 0.5) is 0 Å². The van der Waals surface area contributed by atoms with Crippen molar-refractivity contribution in [2.45, 2.75) is 45.1 Å². The lowest BCUT2D eigenvalue weighted by molar-refractivity contribution is 0.0943. The lowest BCUT2D eigenvalue weighted by Crippen LogP contribution is -2.48. The zero-order chi connectivity index (χ0) is 20.2. The number of thiocarbonyl (C=S) groups is 1. The lowest BCUT2D eigenvalue weighted by Gasteiger charge is -2.34. The number of amides is 1. The van der Waals surface area contributed by atoms with Crippen LogP contribution in [-0.2, 0) is 10.0 Å². The maximum atomic E-state index is 12.9. The van der Waals surface area contributed by atoms with Crippen LogP contribution in [0.5, 0.6) is 0 Å². The summed E-state index contributed by atoms with van der Waals surface area (Å²) >= 11 is 5.04. The number of carbonyl (C=O) groups is 1. The van der Waals surface area contributed by atoms with Gasteiger partial charge in [-0.15, -0.1) is 0 Å². The van der Waals surface area contributed by atoms with E-state index in [2.05, 4.69) is 30.0 Å². The molecule has 3 N–H and O–H groups in total. The first-order valence-electron chi connectivity index (χ1n) is 9.06. The van der Waals surface area contributed by atoms with E-state index >= 15 is 0 Å². The number of hydrazine groups is 1. The third kappa shape index (κ3) is 5.88. The minimum atomic E-state index is -3.55. The quantitative estimate of drug-likeness (QED) is 0.517. The first kappa shape index (κ1) is 21.6. The number of hydrogen-bond acceptors (Lipinski definition) is 4. The van der Waals surface area contributed by atoms with Crippen LogP contribution in [0.2, 0.25) is 0 Å². The molecule has 1 heterocycles. The molecular weight excluding hydrogens is 384 g/mol. The van der Waals surface area contributed by atoms with Gasteiger partial charge in [-0.3, -0.25) is 15.6 Å². The fraction of sp³-hybridized carbons (Fsp3) is 0.556. The summed E-state index contributed by atoms with van der Waals surface area (Å²) in [6.45, 7) is 9.05. The van der Waals surface area contributed by atoms with E-state index in [0.717, 1.165) is 6.42 Å². The molecule has 1 aromatic rings. The topological polar surface area (TPSA) is 90.5 Å². The number of benzene rings is 1. The highest BCUT2D eigenvalue weighted by Crippen LogP contribution is 2.26. The monoisotopic (exact) mass is 412 g/mol. The average Bonchev–Trinajstić information content (AvgIpc) is 2.58. The van der Waals surface area contributed by atoms with Crippen molar-refractivity contribution >= 4 is 33.3 Å². The number of carbonyl (C=O) groups excluding carboxylic acids is 1. The van der Waals surface area contributed by atoms with Crippen LogP contribution in [-0.4, -0.2) is 42.9 Å². The highest BCUT2D eigenvalue weighted by atomic mass is 32.2. The molecule has 1 aliphatic heterocycles. The van der Waals surface area contributed by atoms with Crippen molar-refractivity contribution in [3.63, 3.8) is 0 Å². The molecular formula is C18H28N4O3S2. The smallest absolute Gasteiger partial charge is 0.269 e. The van der Waals surface area contributed by atoms with Crippen LogP contribution in [0.25, 0.3) is 0 Å². The SMILES string of the molecule is CC(C)NC(=S)NNC(=O)c1ccc(S(=O)(=O)N2C[C@@H](C)C[C@H](C)C2)cc1. The van der Waals surface area contributed by atoms with Crippen LogP contribution in [0, 0.1) is 11.8 Å². The highest BCUT2D eigenvalue weighted by Gasteiger charge is 2.31. The molecule has 1 amide bonds. The Hall–Kier alpha value is -1.71. The second kappa shape index (κ2) is 8.99. The molecule has 1 fully saturated rings. The van der Waals surface area contributed by atoms with Crippen molar-refractivity contribution in [2.24, 2.45) is 11.8 Å². The van der Waals surface area contributed by atoms with Crippen LogP contribution >= 0.6 is 12.2 Å². The van der Waals surface area contributed by atoms with Crippen molar-refractivity contribution in [1.29, 1.82) is 0 Å². The van der Waals surface area contributed by atoms with Gasteiger partial charge >= 0.3 is 0 Å². The van der Waals surface area contributed by atoms with E-state index in [0.29, 0.717) is 35.6 Å². The lowest BCUT2D eigenvalue weighted by atomic mass is 9.94. The first-order chi connectivity index (χ1) is 12.6. The second-order valence-electron chi connectivity index (χ2n) is 7.50. The summed E-state index contributed by atoms with van der Waals surface area (Å²) in [5.74, 6) is 0.276. The molecule has 1 aliphatic rings. The van der Waals surface area contributed by atoms with Gasteiger partial charge in [-0.25, -0.2) is 8.42 Å². The van der Waals surface area contributed by atoms with E-state index in [4.69, 9.17) is 12.2 Å². The maximum Gasteiger partial charge on any atom is 0.269 e. The van der Waals surface area contributed by atoms with Gasteiger partial charge in [-0.05, 0) is 68.6 Å². The van der Waals surface area contributed by atoms with E-state index in [1.165, 1.54) is 24.3 Å². The van der Waals surface area contributed by atoms with Gasteiger partial charge in [0, 0.05) is 24.7 Å². The van der Waals surface area contributed by atoms with E-state index in [1.54, 1.807) is 4.31 Å². The number of nitrogens with zero attached hydrogens (tertiary/aromatic N) is 1. The van der Waals surface area contributed by atoms with Crippen LogP contribution < -0.4 is 16.2 Å². The van der Waals surface area contributed by atoms with Gasteiger partial charge in [-0.1, -0.05) is 13.8 Å². The first-order valence-corrected chi connectivity index (χ1v) is 10.9. The summed E-state index contributed by atoms with van der Waals surface area (Å²) < 4.78 is 27.3. The number of rotatable bonds is 4. The molecule has 0 radical (unpaired) electrons. The minimum Gasteiger partial charge on any atom is -0.359 e. The normalized spacial score (nSPS) is 20.9. The molecule has 0 aromatic heterocycles. The Balaban J connectivity index is 2.03. The Kier molecular flexibility index (Phi) is 7.19. The van der Waals surface area contributed by atoms with Gasteiger partial charge in [0.1, 0.15) is 0 Å². The van der Waals surface area contributed by atoms with E-state index < -0.39 is 15.9 Å². The average molecular weight is 413 g/mol. The molecule has 2 rings (SSSR count). The Morgan fingerprint density at radius 2 is 1.67 bits per heavy atom. The van der Waals surface area contributed by atoms with Crippen LogP contribution in [0.1, 0.15) is 44.5 Å². The Morgan fingerprint density at radius 1 is 1.11 bits per heavy atom. The maximum absolute atomic E-state index is 12.9. The van der Waals surface area contributed by atoms with Crippen molar-refractivity contribution in [1.82, 2.24) is 20.5 Å². The molecule has 150 valence electrons. The van der Waals surface area contributed by atoms with Gasteiger partial charge in [-0.2, -0.15) is 4.31 Å². The molecule has 0 unspecified atom stereocenters. The molecule has 9 heteroatoms. The standard InChI is InChI=1S/C18H28N4O3S2/c1-12(2)19-18(26)21-20-17(23)15-5-7-16(8-6-15)27(24,25)22-10-13(3)9-14(4)11-22/h5-8,12-14H,9-11H2,1-4H3,(H,20,23)(H2,19,21,26)/t13-,14-/m0/s1. The molecule has 27 heavy (non-hydrogen) atoms. The summed E-state index contributed by atoms with van der Waals surface area (Å²) in [6, 6.07) is 6.09. The third-order valence-corrected chi connectivity index (χ3v) is 6.36. The fourth-order valence-electron chi connectivity index (χ4n) is 3.21. The third-order valence-electron chi connectivity index (χ3n) is 4.30. The van der Waals surface area contributed by atoms with E-state index in [9.17, 15) is 13.2 Å². The van der Waals surface area contributed by atoms with Gasteiger partial charge in [0.25, 0.3) is 5.91 Å². The van der Waals surface area contributed by atoms with Gasteiger partial charge in [0.2, 0.25) is 10.0 Å². The van der Waals surface area contributed by atoms with Gasteiger partial charge < -0.3 is 5.32 Å². The van der Waals surface area contributed by atoms with Crippen molar-refractivity contribution in [2.75, 3.05) is 13.1 Å². The molecule has 1 saturated heterocycles. The second-order valence-corrected chi connectivity index (χ2v) is 9.85. The van der Waals surface area contributed by atoms with Crippen molar-refractivity contribution in [3.8, 4) is 0 Å². The predicted octanol–water partition coefficient (Wildman–Crippen LogP) is 1.87. The zero-order valence-electron chi connectivity index (χ0n) is 16.2. The molecule has 0 aliphatic carbocycles. The predicted molar refractivity (Wildman–Crippen MR) is 110 cm³/mol. The molecule has 0 spiro atoms. The Morgan fingerprint density at radius 3 is 2.19 bits per heavy atom. The van der Waals surface area contributed by atoms with Gasteiger partial charge in [0.05, 0.1) is 4.90 Å². The summed E-state index contributed by atoms with van der Waals surface area (Å²) in [5, 5.41) is 3.25. The fourth-order valence-corrected chi connectivity index (χ4v) is 5.18. The minimum absolute atomic E-state index is 0.145. The number of hydrogen-bond donors (Lipinski definition) is 3. The number of piperidine rings is 1. The van der Waals surface area contributed by atoms with E-state index in [-0.39, 0.29) is 10.9 Å². The molecule has 2 atom stereocenters. The summed E-state index contributed by atoms with van der Waals surface area (Å²) in [4.78, 5) is 12.4. The summed E-state index contributed by atoms with van der Waals surface area (Å²) in [6.07, 6.45) is 1.03. The largest absolute Gasteiger partial charge is 0.359 e. The molecule has 1 aromatic carbocycles. The molecule has 0 saturated carbocycles. The number of sulfonamides is 1. The summed E-state index contributed by atoms with van der Waals surface area (Å²) in [7, 11) is -3.55. The van der Waals surface area contributed by atoms with Crippen LogP contribution in [0.15, 0.2) is 29.2 Å². The van der Waals surface area contributed by atoms with Crippen LogP contribution in [0.3, 0.4) is 0 Å². The zero-order valence-corrected chi connectivity index (χ0v) is 17.8. The Bertz CT molecular complexity index is 768. The number of nitrogens with one attached hydrogen (secondary N) is 3. The van der Waals surface area contributed by atoms with Gasteiger partial charge in [0.15, 0.2) is 5.11 Å². The highest BCUT2D eigenvalue weighted by molar-refractivity contribution is 7.89. The summed E-state index contributed by atoms with van der Waals surface area (Å²) in [5.41, 5.74) is 5.44. The van der Waals surface area contributed by atoms with Crippen molar-refractivity contribution in [3.05, 3.63) is 29.8 Å². The molecule has 7 nitrogen and oxygen atoms in total. The van der Waals surface area contributed by atoms with Crippen molar-refractivity contribution < 1.29 is 13.2 Å². The molecule has 0 bridgehead atoms.